The van der Waals surface area contributed by atoms with Gasteiger partial charge in [-0.2, -0.15) is 9.40 Å². The van der Waals surface area contributed by atoms with Gasteiger partial charge in [0.2, 0.25) is 10.0 Å². The molecule has 1 N–H and O–H groups in total. The quantitative estimate of drug-likeness (QED) is 0.638. The van der Waals surface area contributed by atoms with Gasteiger partial charge in [0.15, 0.2) is 5.82 Å². The van der Waals surface area contributed by atoms with Crippen LogP contribution >= 0.6 is 0 Å². The third-order valence-corrected chi connectivity index (χ3v) is 6.33. The zero-order valence-corrected chi connectivity index (χ0v) is 16.7. The number of hydrogen-bond donors (Lipinski definition) is 1. The Bertz CT molecular complexity index is 1100. The summed E-state index contributed by atoms with van der Waals surface area (Å²) in [7, 11) is -4.04. The number of carbonyl (C=O) groups excluding carboxylic acids is 1. The van der Waals surface area contributed by atoms with Gasteiger partial charge in [-0.15, -0.1) is 0 Å². The predicted molar refractivity (Wildman–Crippen MR) is 106 cm³/mol. The average Bonchev–Trinajstić information content (AvgIpc) is 3.24. The van der Waals surface area contributed by atoms with E-state index in [9.17, 15) is 17.6 Å². The van der Waals surface area contributed by atoms with Crippen molar-refractivity contribution in [3.63, 3.8) is 0 Å². The van der Waals surface area contributed by atoms with Crippen molar-refractivity contribution >= 4 is 21.6 Å². The number of amides is 1. The molecular formula is C19H20FN5O3S. The van der Waals surface area contributed by atoms with Crippen molar-refractivity contribution in [1.82, 2.24) is 19.1 Å². The fourth-order valence-corrected chi connectivity index (χ4v) is 4.30. The Kier molecular flexibility index (Phi) is 6.04. The predicted octanol–water partition coefficient (Wildman–Crippen LogP) is 2.69. The molecule has 0 saturated heterocycles. The monoisotopic (exact) mass is 417 g/mol. The Morgan fingerprint density at radius 1 is 1.21 bits per heavy atom. The third kappa shape index (κ3) is 4.33. The molecule has 3 aromatic rings. The Morgan fingerprint density at radius 3 is 2.55 bits per heavy atom. The molecule has 2 aromatic heterocycles. The summed E-state index contributed by atoms with van der Waals surface area (Å²) in [5, 5.41) is 6.69. The van der Waals surface area contributed by atoms with Gasteiger partial charge in [0.05, 0.1) is 11.9 Å². The summed E-state index contributed by atoms with van der Waals surface area (Å²) in [5.74, 6) is -0.907. The first-order valence-corrected chi connectivity index (χ1v) is 10.4. The first-order valence-electron chi connectivity index (χ1n) is 8.94. The SMILES string of the molecule is CCN(CC)S(=O)(=O)c1cc(C(=O)Nc2ccc(-n3cccn3)nc2)ccc1F. The molecule has 0 saturated carbocycles. The Morgan fingerprint density at radius 2 is 1.97 bits per heavy atom. The first-order chi connectivity index (χ1) is 13.9. The van der Waals surface area contributed by atoms with E-state index in [1.807, 2.05) is 0 Å². The van der Waals surface area contributed by atoms with Gasteiger partial charge in [-0.1, -0.05) is 13.8 Å². The van der Waals surface area contributed by atoms with Crippen LogP contribution in [0.1, 0.15) is 24.2 Å². The standard InChI is InChI=1S/C19H20FN5O3S/c1-3-24(4-2)29(27,28)17-12-14(6-8-16(17)20)19(26)23-15-7-9-18(21-13-15)25-11-5-10-22-25/h5-13H,3-4H2,1-2H3,(H,23,26). The minimum absolute atomic E-state index is 0.0216. The topological polar surface area (TPSA) is 97.2 Å². The van der Waals surface area contributed by atoms with Gasteiger partial charge in [-0.25, -0.2) is 22.5 Å². The highest BCUT2D eigenvalue weighted by Gasteiger charge is 2.26. The molecule has 0 bridgehead atoms. The van der Waals surface area contributed by atoms with Crippen LogP contribution in [0.15, 0.2) is 59.9 Å². The smallest absolute Gasteiger partial charge is 0.255 e. The molecule has 0 aliphatic heterocycles. The van der Waals surface area contributed by atoms with Crippen molar-refractivity contribution < 1.29 is 17.6 Å². The molecule has 8 nitrogen and oxygen atoms in total. The number of nitrogens with zero attached hydrogens (tertiary/aromatic N) is 4. The van der Waals surface area contributed by atoms with Crippen LogP contribution in [0.25, 0.3) is 5.82 Å². The second kappa shape index (κ2) is 8.50. The van der Waals surface area contributed by atoms with Crippen LogP contribution in [-0.2, 0) is 10.0 Å². The van der Waals surface area contributed by atoms with Gasteiger partial charge in [-0.05, 0) is 36.4 Å². The Labute approximate surface area is 168 Å². The number of benzene rings is 1. The van der Waals surface area contributed by atoms with Gasteiger partial charge < -0.3 is 5.32 Å². The number of rotatable bonds is 7. The fourth-order valence-electron chi connectivity index (χ4n) is 2.75. The molecule has 3 rings (SSSR count). The van der Waals surface area contributed by atoms with E-state index in [0.717, 1.165) is 16.4 Å². The number of nitrogens with one attached hydrogen (secondary N) is 1. The number of carbonyl (C=O) groups is 1. The van der Waals surface area contributed by atoms with E-state index in [-0.39, 0.29) is 18.7 Å². The molecule has 0 spiro atoms. The molecule has 0 atom stereocenters. The highest BCUT2D eigenvalue weighted by atomic mass is 32.2. The lowest BCUT2D eigenvalue weighted by molar-refractivity contribution is 0.102. The third-order valence-electron chi connectivity index (χ3n) is 4.26. The van der Waals surface area contributed by atoms with Crippen molar-refractivity contribution in [2.45, 2.75) is 18.7 Å². The van der Waals surface area contributed by atoms with Gasteiger partial charge in [0.1, 0.15) is 10.7 Å². The molecule has 0 radical (unpaired) electrons. The lowest BCUT2D eigenvalue weighted by Gasteiger charge is -2.19. The first kappa shape index (κ1) is 20.6. The largest absolute Gasteiger partial charge is 0.321 e. The van der Waals surface area contributed by atoms with Gasteiger partial charge in [0, 0.05) is 31.0 Å². The number of aromatic nitrogens is 3. The number of pyridine rings is 1. The second-order valence-corrected chi connectivity index (χ2v) is 7.95. The summed E-state index contributed by atoms with van der Waals surface area (Å²) in [6.07, 6.45) is 4.80. The lowest BCUT2D eigenvalue weighted by atomic mass is 10.2. The molecule has 29 heavy (non-hydrogen) atoms. The lowest BCUT2D eigenvalue weighted by Crippen LogP contribution is -2.31. The summed E-state index contributed by atoms with van der Waals surface area (Å²) >= 11 is 0. The van der Waals surface area contributed by atoms with Gasteiger partial charge >= 0.3 is 0 Å². The number of hydrogen-bond acceptors (Lipinski definition) is 5. The maximum absolute atomic E-state index is 14.2. The minimum Gasteiger partial charge on any atom is -0.321 e. The molecule has 1 aromatic carbocycles. The van der Waals surface area contributed by atoms with Crippen molar-refractivity contribution in [2.75, 3.05) is 18.4 Å². The molecule has 10 heteroatoms. The summed E-state index contributed by atoms with van der Waals surface area (Å²) in [5.41, 5.74) is 0.427. The van der Waals surface area contributed by atoms with Crippen molar-refractivity contribution in [2.24, 2.45) is 0 Å². The zero-order valence-electron chi connectivity index (χ0n) is 15.9. The minimum atomic E-state index is -4.04. The van der Waals surface area contributed by atoms with E-state index >= 15 is 0 Å². The van der Waals surface area contributed by atoms with Crippen LogP contribution in [-0.4, -0.2) is 46.5 Å². The zero-order chi connectivity index (χ0) is 21.0. The summed E-state index contributed by atoms with van der Waals surface area (Å²) < 4.78 is 42.2. The highest BCUT2D eigenvalue weighted by Crippen LogP contribution is 2.21. The van der Waals surface area contributed by atoms with Crippen molar-refractivity contribution in [1.29, 1.82) is 0 Å². The summed E-state index contributed by atoms with van der Waals surface area (Å²) in [4.78, 5) is 16.2. The van der Waals surface area contributed by atoms with E-state index in [1.165, 1.54) is 12.3 Å². The van der Waals surface area contributed by atoms with Crippen LogP contribution in [0.4, 0.5) is 10.1 Å². The number of sulfonamides is 1. The number of anilines is 1. The molecule has 0 unspecified atom stereocenters. The molecule has 152 valence electrons. The van der Waals surface area contributed by atoms with Crippen molar-refractivity contribution in [3.8, 4) is 5.82 Å². The summed E-state index contributed by atoms with van der Waals surface area (Å²) in [6.45, 7) is 3.72. The Balaban J connectivity index is 1.83. The molecule has 0 fully saturated rings. The fraction of sp³-hybridized carbons (Fsp3) is 0.211. The molecule has 1 amide bonds. The normalized spacial score (nSPS) is 11.6. The van der Waals surface area contributed by atoms with Crippen LogP contribution in [0.3, 0.4) is 0 Å². The molecular weight excluding hydrogens is 397 g/mol. The molecule has 0 aliphatic carbocycles. The van der Waals surface area contributed by atoms with Crippen LogP contribution in [0.5, 0.6) is 0 Å². The Hall–Kier alpha value is -3.11. The van der Waals surface area contributed by atoms with Crippen molar-refractivity contribution in [3.05, 3.63) is 66.4 Å². The molecule has 0 aliphatic rings. The average molecular weight is 417 g/mol. The highest BCUT2D eigenvalue weighted by molar-refractivity contribution is 7.89. The maximum Gasteiger partial charge on any atom is 0.255 e. The van der Waals surface area contributed by atoms with E-state index in [1.54, 1.807) is 49.1 Å². The second-order valence-electron chi connectivity index (χ2n) is 6.04. The van der Waals surface area contributed by atoms with Crippen LogP contribution < -0.4 is 5.32 Å². The van der Waals surface area contributed by atoms with E-state index in [2.05, 4.69) is 15.4 Å². The van der Waals surface area contributed by atoms with E-state index in [4.69, 9.17) is 0 Å². The molecule has 2 heterocycles. The van der Waals surface area contributed by atoms with Crippen LogP contribution in [0, 0.1) is 5.82 Å². The van der Waals surface area contributed by atoms with E-state index in [0.29, 0.717) is 11.5 Å². The number of halogens is 1. The van der Waals surface area contributed by atoms with E-state index < -0.39 is 26.6 Å². The van der Waals surface area contributed by atoms with Gasteiger partial charge in [0.25, 0.3) is 5.91 Å². The summed E-state index contributed by atoms with van der Waals surface area (Å²) in [6, 6.07) is 8.32. The van der Waals surface area contributed by atoms with Gasteiger partial charge in [-0.3, -0.25) is 4.79 Å². The van der Waals surface area contributed by atoms with Crippen LogP contribution in [0.2, 0.25) is 0 Å². The maximum atomic E-state index is 14.2.